The van der Waals surface area contributed by atoms with Crippen LogP contribution >= 0.6 is 11.3 Å². The third kappa shape index (κ3) is 5.77. The van der Waals surface area contributed by atoms with Crippen LogP contribution in [0.5, 0.6) is 0 Å². The Bertz CT molecular complexity index is 974. The van der Waals surface area contributed by atoms with E-state index in [9.17, 15) is 22.4 Å². The summed E-state index contributed by atoms with van der Waals surface area (Å²) in [5.41, 5.74) is 0.501. The number of benzene rings is 1. The number of thiophene rings is 1. The number of hydrogen-bond donors (Lipinski definition) is 1. The van der Waals surface area contributed by atoms with E-state index in [-0.39, 0.29) is 28.9 Å². The number of ether oxygens (including phenoxy) is 1. The third-order valence-corrected chi connectivity index (χ3v) is 7.42. The van der Waals surface area contributed by atoms with Crippen LogP contribution in [0, 0.1) is 5.82 Å². The van der Waals surface area contributed by atoms with Crippen molar-refractivity contribution < 1.29 is 27.1 Å². The average molecular weight is 456 g/mol. The van der Waals surface area contributed by atoms with Gasteiger partial charge in [-0.1, -0.05) is 18.2 Å². The second-order valence-corrected chi connectivity index (χ2v) is 9.50. The summed E-state index contributed by atoms with van der Waals surface area (Å²) in [6.45, 7) is 1.22. The van der Waals surface area contributed by atoms with Gasteiger partial charge in [0.1, 0.15) is 10.0 Å². The molecule has 3 rings (SSSR count). The van der Waals surface area contributed by atoms with Gasteiger partial charge < -0.3 is 14.5 Å². The molecule has 11 heteroatoms. The van der Waals surface area contributed by atoms with Crippen molar-refractivity contribution in [3.05, 3.63) is 47.6 Å². The summed E-state index contributed by atoms with van der Waals surface area (Å²) in [6.07, 6.45) is -0.182. The van der Waals surface area contributed by atoms with E-state index < -0.39 is 22.6 Å². The smallest absolute Gasteiger partial charge is 0.307 e. The minimum absolute atomic E-state index is 0.116. The fourth-order valence-electron chi connectivity index (χ4n) is 2.99. The van der Waals surface area contributed by atoms with Gasteiger partial charge in [0.25, 0.3) is 5.91 Å². The van der Waals surface area contributed by atoms with E-state index in [2.05, 4.69) is 4.72 Å². The van der Waals surface area contributed by atoms with E-state index in [1.807, 2.05) is 4.90 Å². The van der Waals surface area contributed by atoms with Crippen molar-refractivity contribution >= 4 is 38.9 Å². The maximum atomic E-state index is 13.9. The molecular formula is C19H22FN3O5S2. The molecular weight excluding hydrogens is 433 g/mol. The number of halogens is 1. The van der Waals surface area contributed by atoms with Crippen molar-refractivity contribution in [3.8, 4) is 0 Å². The van der Waals surface area contributed by atoms with Crippen LogP contribution in [-0.2, 0) is 24.3 Å². The number of hydrogen-bond acceptors (Lipinski definition) is 7. The lowest BCUT2D eigenvalue weighted by Gasteiger charge is -2.36. The summed E-state index contributed by atoms with van der Waals surface area (Å²) in [6, 6.07) is 9.56. The van der Waals surface area contributed by atoms with Gasteiger partial charge in [-0.25, -0.2) is 17.5 Å². The Morgan fingerprint density at radius 2 is 1.83 bits per heavy atom. The first-order valence-electron chi connectivity index (χ1n) is 9.33. The zero-order chi connectivity index (χ0) is 21.6. The second kappa shape index (κ2) is 10.0. The third-order valence-electron chi connectivity index (χ3n) is 4.56. The van der Waals surface area contributed by atoms with Crippen LogP contribution in [0.25, 0.3) is 0 Å². The molecule has 0 atom stereocenters. The van der Waals surface area contributed by atoms with Gasteiger partial charge in [-0.2, -0.15) is 0 Å². The van der Waals surface area contributed by atoms with Gasteiger partial charge in [0.05, 0.1) is 12.1 Å². The number of para-hydroxylation sites is 1. The minimum Gasteiger partial charge on any atom is -0.456 e. The Hall–Kier alpha value is -2.50. The summed E-state index contributed by atoms with van der Waals surface area (Å²) >= 11 is 1.08. The second-order valence-electron chi connectivity index (χ2n) is 6.56. The molecule has 2 heterocycles. The van der Waals surface area contributed by atoms with E-state index in [4.69, 9.17) is 4.74 Å². The molecule has 1 aliphatic rings. The molecule has 8 nitrogen and oxygen atoms in total. The molecule has 0 radical (unpaired) electrons. The van der Waals surface area contributed by atoms with E-state index >= 15 is 0 Å². The number of nitrogens with zero attached hydrogens (tertiary/aromatic N) is 2. The molecule has 162 valence electrons. The summed E-state index contributed by atoms with van der Waals surface area (Å²) < 4.78 is 45.2. The highest BCUT2D eigenvalue weighted by atomic mass is 32.2. The fraction of sp³-hybridized carbons (Fsp3) is 0.368. The molecule has 0 saturated carbocycles. The van der Waals surface area contributed by atoms with Crippen LogP contribution < -0.4 is 9.62 Å². The summed E-state index contributed by atoms with van der Waals surface area (Å²) in [7, 11) is -3.64. The number of rotatable bonds is 8. The van der Waals surface area contributed by atoms with Gasteiger partial charge in [0, 0.05) is 32.7 Å². The Labute approximate surface area is 178 Å². The Kier molecular flexibility index (Phi) is 7.40. The molecule has 1 N–H and O–H groups in total. The molecule has 2 aromatic rings. The van der Waals surface area contributed by atoms with Crippen LogP contribution in [0.3, 0.4) is 0 Å². The Morgan fingerprint density at radius 1 is 1.10 bits per heavy atom. The standard InChI is InChI=1S/C19H22FN3O5S2/c20-15-4-1-2-5-16(15)22-9-11-23(12-10-22)17(24)14-28-18(25)7-8-21-30(26,27)19-6-3-13-29-19/h1-6,13,21H,7-12,14H2. The molecule has 1 aromatic carbocycles. The fourth-order valence-corrected chi connectivity index (χ4v) is 5.05. The lowest BCUT2D eigenvalue weighted by atomic mass is 10.2. The van der Waals surface area contributed by atoms with Crippen molar-refractivity contribution in [1.29, 1.82) is 0 Å². The Morgan fingerprint density at radius 3 is 2.50 bits per heavy atom. The van der Waals surface area contributed by atoms with E-state index in [0.29, 0.717) is 31.9 Å². The molecule has 1 aromatic heterocycles. The van der Waals surface area contributed by atoms with Gasteiger partial charge in [-0.15, -0.1) is 11.3 Å². The van der Waals surface area contributed by atoms with E-state index in [1.54, 1.807) is 34.5 Å². The van der Waals surface area contributed by atoms with Crippen LogP contribution in [0.15, 0.2) is 46.0 Å². The predicted molar refractivity (Wildman–Crippen MR) is 110 cm³/mol. The quantitative estimate of drug-likeness (QED) is 0.606. The number of esters is 1. The highest BCUT2D eigenvalue weighted by Gasteiger charge is 2.23. The van der Waals surface area contributed by atoms with Crippen LogP contribution in [0.4, 0.5) is 10.1 Å². The molecule has 0 spiro atoms. The molecule has 1 amide bonds. The van der Waals surface area contributed by atoms with Crippen molar-refractivity contribution in [3.63, 3.8) is 0 Å². The molecule has 0 unspecified atom stereocenters. The summed E-state index contributed by atoms with van der Waals surface area (Å²) in [5.74, 6) is -1.31. The molecule has 1 saturated heterocycles. The van der Waals surface area contributed by atoms with E-state index in [0.717, 1.165) is 11.3 Å². The monoisotopic (exact) mass is 455 g/mol. The zero-order valence-electron chi connectivity index (χ0n) is 16.1. The first-order valence-corrected chi connectivity index (χ1v) is 11.7. The minimum atomic E-state index is -3.64. The van der Waals surface area contributed by atoms with Crippen molar-refractivity contribution in [2.45, 2.75) is 10.6 Å². The van der Waals surface area contributed by atoms with Crippen LogP contribution in [0.1, 0.15) is 6.42 Å². The summed E-state index contributed by atoms with van der Waals surface area (Å²) in [4.78, 5) is 27.5. The summed E-state index contributed by atoms with van der Waals surface area (Å²) in [5, 5.41) is 1.64. The van der Waals surface area contributed by atoms with Crippen LogP contribution in [-0.4, -0.2) is 64.5 Å². The lowest BCUT2D eigenvalue weighted by molar-refractivity contribution is -0.152. The first kappa shape index (κ1) is 22.2. The number of piperazine rings is 1. The number of anilines is 1. The normalized spacial score (nSPS) is 14.6. The number of amides is 1. The Balaban J connectivity index is 1.36. The molecule has 0 bridgehead atoms. The van der Waals surface area contributed by atoms with Gasteiger partial charge in [0.15, 0.2) is 6.61 Å². The number of carbonyl (C=O) groups is 2. The average Bonchev–Trinajstić information content (AvgIpc) is 3.28. The highest BCUT2D eigenvalue weighted by molar-refractivity contribution is 7.91. The number of sulfonamides is 1. The van der Waals surface area contributed by atoms with Gasteiger partial charge >= 0.3 is 5.97 Å². The molecule has 30 heavy (non-hydrogen) atoms. The van der Waals surface area contributed by atoms with Gasteiger partial charge in [-0.05, 0) is 23.6 Å². The lowest BCUT2D eigenvalue weighted by Crippen LogP contribution is -2.50. The van der Waals surface area contributed by atoms with Gasteiger partial charge in [0.2, 0.25) is 10.0 Å². The number of nitrogens with one attached hydrogen (secondary N) is 1. The predicted octanol–water partition coefficient (Wildman–Crippen LogP) is 1.45. The molecule has 1 fully saturated rings. The van der Waals surface area contributed by atoms with Crippen molar-refractivity contribution in [1.82, 2.24) is 9.62 Å². The topological polar surface area (TPSA) is 96.0 Å². The van der Waals surface area contributed by atoms with Gasteiger partial charge in [-0.3, -0.25) is 9.59 Å². The number of carbonyl (C=O) groups excluding carboxylic acids is 2. The molecule has 0 aliphatic carbocycles. The van der Waals surface area contributed by atoms with Crippen LogP contribution in [0.2, 0.25) is 0 Å². The van der Waals surface area contributed by atoms with Crippen molar-refractivity contribution in [2.75, 3.05) is 44.2 Å². The maximum Gasteiger partial charge on any atom is 0.307 e. The largest absolute Gasteiger partial charge is 0.456 e. The zero-order valence-corrected chi connectivity index (χ0v) is 17.8. The maximum absolute atomic E-state index is 13.9. The first-order chi connectivity index (χ1) is 14.4. The SMILES string of the molecule is O=C(CCNS(=O)(=O)c1cccs1)OCC(=O)N1CCN(c2ccccc2F)CC1. The highest BCUT2D eigenvalue weighted by Crippen LogP contribution is 2.20. The van der Waals surface area contributed by atoms with E-state index in [1.165, 1.54) is 12.1 Å². The van der Waals surface area contributed by atoms with Crippen molar-refractivity contribution in [2.24, 2.45) is 0 Å². The molecule has 1 aliphatic heterocycles.